The van der Waals surface area contributed by atoms with E-state index >= 15 is 0 Å². The maximum atomic E-state index is 13.9. The van der Waals surface area contributed by atoms with E-state index in [2.05, 4.69) is 29.7 Å². The molecular weight excluding hydrogens is 486 g/mol. The summed E-state index contributed by atoms with van der Waals surface area (Å²) in [6.45, 7) is 6.27. The average Bonchev–Trinajstić information content (AvgIpc) is 3.33. The van der Waals surface area contributed by atoms with Crippen LogP contribution in [0.4, 0.5) is 8.78 Å². The first-order valence-electron chi connectivity index (χ1n) is 12.9. The summed E-state index contributed by atoms with van der Waals surface area (Å²) in [5.41, 5.74) is 2.25. The highest BCUT2D eigenvalue weighted by Crippen LogP contribution is 2.30. The lowest BCUT2D eigenvalue weighted by molar-refractivity contribution is -0.127. The van der Waals surface area contributed by atoms with Crippen LogP contribution < -0.4 is 10.6 Å². The van der Waals surface area contributed by atoms with Crippen molar-refractivity contribution < 1.29 is 23.1 Å². The molecule has 0 aliphatic heterocycles. The summed E-state index contributed by atoms with van der Waals surface area (Å²) in [4.78, 5) is 13.5. The van der Waals surface area contributed by atoms with Gasteiger partial charge in [-0.05, 0) is 67.6 Å². The molecule has 5 nitrogen and oxygen atoms in total. The number of halogens is 2. The van der Waals surface area contributed by atoms with Crippen LogP contribution in [0.15, 0.2) is 77.2 Å². The molecular formula is C31H34F2N2O3. The van der Waals surface area contributed by atoms with Crippen LogP contribution in [-0.2, 0) is 29.6 Å². The lowest BCUT2D eigenvalue weighted by atomic mass is 9.88. The number of furan rings is 1. The van der Waals surface area contributed by atoms with Gasteiger partial charge in [0.2, 0.25) is 5.91 Å². The number of nitrogens with one attached hydrogen (secondary N) is 2. The van der Waals surface area contributed by atoms with Gasteiger partial charge in [0, 0.05) is 24.5 Å². The largest absolute Gasteiger partial charge is 0.460 e. The van der Waals surface area contributed by atoms with Crippen LogP contribution in [0.1, 0.15) is 43.2 Å². The fourth-order valence-electron chi connectivity index (χ4n) is 4.48. The van der Waals surface area contributed by atoms with Crippen LogP contribution in [0.3, 0.4) is 0 Å². The number of hydrogen-bond acceptors (Lipinski definition) is 4. The summed E-state index contributed by atoms with van der Waals surface area (Å²) >= 11 is 0. The van der Waals surface area contributed by atoms with Gasteiger partial charge in [-0.2, -0.15) is 0 Å². The van der Waals surface area contributed by atoms with Crippen molar-refractivity contribution in [1.82, 2.24) is 10.6 Å². The second kappa shape index (κ2) is 11.9. The van der Waals surface area contributed by atoms with E-state index in [0.717, 1.165) is 23.4 Å². The normalized spacial score (nSPS) is 13.4. The van der Waals surface area contributed by atoms with Gasteiger partial charge in [0.1, 0.15) is 28.4 Å². The molecule has 1 aromatic heterocycles. The van der Waals surface area contributed by atoms with Crippen LogP contribution >= 0.6 is 0 Å². The number of hydrogen-bond donors (Lipinski definition) is 3. The van der Waals surface area contributed by atoms with Crippen molar-refractivity contribution in [2.75, 3.05) is 6.54 Å². The molecule has 7 heteroatoms. The molecule has 38 heavy (non-hydrogen) atoms. The summed E-state index contributed by atoms with van der Waals surface area (Å²) in [5, 5.41) is 18.1. The van der Waals surface area contributed by atoms with Crippen molar-refractivity contribution in [3.63, 3.8) is 0 Å². The number of benzene rings is 3. The maximum absolute atomic E-state index is 13.9. The molecule has 0 bridgehead atoms. The second-order valence-electron chi connectivity index (χ2n) is 10.2. The van der Waals surface area contributed by atoms with Crippen LogP contribution in [0.2, 0.25) is 0 Å². The Kier molecular flexibility index (Phi) is 8.59. The Hall–Kier alpha value is -3.55. The number of carbonyl (C=O) groups is 1. The van der Waals surface area contributed by atoms with E-state index in [0.29, 0.717) is 23.5 Å². The Labute approximate surface area is 221 Å². The van der Waals surface area contributed by atoms with Crippen molar-refractivity contribution >= 4 is 16.9 Å². The highest BCUT2D eigenvalue weighted by Gasteiger charge is 2.36. The highest BCUT2D eigenvalue weighted by molar-refractivity contribution is 5.89. The first-order chi connectivity index (χ1) is 18.2. The summed E-state index contributed by atoms with van der Waals surface area (Å²) in [6.07, 6.45) is -0.0493. The third kappa shape index (κ3) is 6.65. The second-order valence-corrected chi connectivity index (χ2v) is 10.2. The Morgan fingerprint density at radius 3 is 2.37 bits per heavy atom. The minimum absolute atomic E-state index is 0.0464. The number of carbonyl (C=O) groups excluding carboxylic acids is 1. The van der Waals surface area contributed by atoms with Crippen LogP contribution in [-0.4, -0.2) is 29.7 Å². The molecule has 0 radical (unpaired) electrons. The van der Waals surface area contributed by atoms with Gasteiger partial charge in [-0.3, -0.25) is 4.79 Å². The lowest BCUT2D eigenvalue weighted by Crippen LogP contribution is -2.52. The van der Waals surface area contributed by atoms with E-state index in [1.165, 1.54) is 17.7 Å². The molecule has 0 aliphatic carbocycles. The quantitative estimate of drug-likeness (QED) is 0.247. The van der Waals surface area contributed by atoms with E-state index in [-0.39, 0.29) is 18.9 Å². The topological polar surface area (TPSA) is 74.5 Å². The van der Waals surface area contributed by atoms with E-state index in [4.69, 9.17) is 4.42 Å². The van der Waals surface area contributed by atoms with E-state index in [1.807, 2.05) is 42.5 Å². The number of amides is 1. The Bertz CT molecular complexity index is 1350. The van der Waals surface area contributed by atoms with Gasteiger partial charge in [0.25, 0.3) is 0 Å². The molecule has 0 fully saturated rings. The van der Waals surface area contributed by atoms with Gasteiger partial charge in [-0.15, -0.1) is 0 Å². The zero-order valence-electron chi connectivity index (χ0n) is 21.9. The summed E-state index contributed by atoms with van der Waals surface area (Å²) in [5.74, 6) is -1.31. The lowest BCUT2D eigenvalue weighted by Gasteiger charge is -2.29. The first-order valence-corrected chi connectivity index (χ1v) is 12.9. The van der Waals surface area contributed by atoms with Crippen LogP contribution in [0, 0.1) is 11.6 Å². The molecule has 0 saturated heterocycles. The smallest absolute Gasteiger partial charge is 0.233 e. The van der Waals surface area contributed by atoms with Crippen molar-refractivity contribution in [2.24, 2.45) is 0 Å². The van der Waals surface area contributed by atoms with E-state index < -0.39 is 29.2 Å². The predicted octanol–water partition coefficient (Wildman–Crippen LogP) is 5.43. The molecule has 0 spiro atoms. The number of aliphatic hydroxyl groups is 1. The van der Waals surface area contributed by atoms with Gasteiger partial charge in [0.15, 0.2) is 0 Å². The van der Waals surface area contributed by atoms with Crippen molar-refractivity contribution in [3.8, 4) is 0 Å². The highest BCUT2D eigenvalue weighted by atomic mass is 19.1. The number of aliphatic hydroxyl groups excluding tert-OH is 1. The molecule has 2 atom stereocenters. The van der Waals surface area contributed by atoms with Crippen LogP contribution in [0.25, 0.3) is 11.0 Å². The number of rotatable bonds is 11. The molecule has 0 saturated carbocycles. The molecule has 0 unspecified atom stereocenters. The minimum Gasteiger partial charge on any atom is -0.460 e. The van der Waals surface area contributed by atoms with E-state index in [9.17, 15) is 18.7 Å². The standard InChI is InChI=1S/C31H34F2N2O3/c1-4-20-8-7-9-21(12-20)18-34-19-27(36)26(15-22-13-24(32)17-25(33)14-22)35-30(37)31(2,3)29-16-23-10-5-6-11-28(23)38-29/h5-14,16-17,26-27,34,36H,4,15,18-19H2,1-3H3,(H,35,37)/t26-,27-/m0/s1. The van der Waals surface area contributed by atoms with Gasteiger partial charge in [-0.1, -0.05) is 49.4 Å². The Morgan fingerprint density at radius 2 is 1.66 bits per heavy atom. The SMILES string of the molecule is CCc1cccc(CNC[C@H](O)[C@H](Cc2cc(F)cc(F)c2)NC(=O)C(C)(C)c2cc3ccccc3o2)c1. The van der Waals surface area contributed by atoms with Crippen LogP contribution in [0.5, 0.6) is 0 Å². The Balaban J connectivity index is 1.50. The third-order valence-electron chi connectivity index (χ3n) is 6.85. The molecule has 3 N–H and O–H groups in total. The zero-order valence-corrected chi connectivity index (χ0v) is 21.9. The van der Waals surface area contributed by atoms with Gasteiger partial charge in [0.05, 0.1) is 12.1 Å². The third-order valence-corrected chi connectivity index (χ3v) is 6.85. The van der Waals surface area contributed by atoms with Crippen molar-refractivity contribution in [1.29, 1.82) is 0 Å². The fraction of sp³-hybridized carbons (Fsp3) is 0.323. The fourth-order valence-corrected chi connectivity index (χ4v) is 4.48. The van der Waals surface area contributed by atoms with E-state index in [1.54, 1.807) is 13.8 Å². The zero-order chi connectivity index (χ0) is 27.3. The molecule has 4 aromatic rings. The molecule has 200 valence electrons. The molecule has 0 aliphatic rings. The van der Waals surface area contributed by atoms with Gasteiger partial charge < -0.3 is 20.2 Å². The van der Waals surface area contributed by atoms with Gasteiger partial charge >= 0.3 is 0 Å². The molecule has 1 amide bonds. The number of para-hydroxylation sites is 1. The predicted molar refractivity (Wildman–Crippen MR) is 145 cm³/mol. The number of fused-ring (bicyclic) bond motifs is 1. The molecule has 3 aromatic carbocycles. The average molecular weight is 521 g/mol. The monoisotopic (exact) mass is 520 g/mol. The summed E-state index contributed by atoms with van der Waals surface area (Å²) in [7, 11) is 0. The first kappa shape index (κ1) is 27.5. The van der Waals surface area contributed by atoms with Crippen molar-refractivity contribution in [3.05, 3.63) is 107 Å². The molecule has 4 rings (SSSR count). The summed E-state index contributed by atoms with van der Waals surface area (Å²) < 4.78 is 33.7. The number of aryl methyl sites for hydroxylation is 1. The van der Waals surface area contributed by atoms with Crippen molar-refractivity contribution in [2.45, 2.75) is 57.7 Å². The maximum Gasteiger partial charge on any atom is 0.233 e. The van der Waals surface area contributed by atoms with Gasteiger partial charge in [-0.25, -0.2) is 8.78 Å². The molecule has 1 heterocycles. The Morgan fingerprint density at radius 1 is 0.947 bits per heavy atom. The minimum atomic E-state index is -1.06. The summed E-state index contributed by atoms with van der Waals surface area (Å²) in [6, 6.07) is 19.9.